The molecule has 0 aromatic carbocycles. The molecule has 0 fully saturated rings. The molecule has 0 N–H and O–H groups in total. The molecule has 0 unspecified atom stereocenters. The molecule has 2 radical (unpaired) electrons. The number of hydrogen-bond donors (Lipinski definition) is 0. The van der Waals surface area contributed by atoms with E-state index in [0.29, 0.717) is 0 Å². The monoisotopic (exact) mass is 94.1 g/mol. The van der Waals surface area contributed by atoms with E-state index in [1.165, 1.54) is 0 Å². The van der Waals surface area contributed by atoms with Crippen LogP contribution in [-0.2, 0) is 0 Å². The minimum atomic E-state index is 0.722. The average molecular weight is 94.2 g/mol. The Morgan fingerprint density at radius 2 is 1.86 bits per heavy atom. The first-order valence-electron chi connectivity index (χ1n) is 2.46. The molecule has 0 heterocycles. The van der Waals surface area contributed by atoms with Gasteiger partial charge in [-0.3, -0.25) is 0 Å². The van der Waals surface area contributed by atoms with Gasteiger partial charge in [0, 0.05) is 12.8 Å². The minimum absolute atomic E-state index is 0.722. The van der Waals surface area contributed by atoms with Gasteiger partial charge in [0.05, 0.1) is 0 Å². The maximum absolute atomic E-state index is 3.63. The Bertz CT molecular complexity index is 71.8. The summed E-state index contributed by atoms with van der Waals surface area (Å²) in [6.45, 7) is 7.20. The van der Waals surface area contributed by atoms with Crippen LogP contribution >= 0.6 is 0 Å². The quantitative estimate of drug-likeness (QED) is 0.435. The molecule has 0 aromatic rings. The van der Waals surface area contributed by atoms with Gasteiger partial charge in [0.2, 0.25) is 0 Å². The second-order valence-corrected chi connectivity index (χ2v) is 1.21. The van der Waals surface area contributed by atoms with Crippen molar-refractivity contribution in [2.75, 3.05) is 0 Å². The van der Waals surface area contributed by atoms with Crippen LogP contribution in [0.1, 0.15) is 19.3 Å². The average Bonchev–Trinajstić information content (AvgIpc) is 1.69. The first-order chi connectivity index (χ1) is 3.41. The van der Waals surface area contributed by atoms with Gasteiger partial charge in [0.1, 0.15) is 0 Å². The lowest BCUT2D eigenvalue weighted by atomic mass is 10.3. The topological polar surface area (TPSA) is 0 Å². The fourth-order valence-electron chi connectivity index (χ4n) is 0.265. The normalized spacial score (nSPS) is 7.14. The second kappa shape index (κ2) is 5.56. The highest BCUT2D eigenvalue weighted by atomic mass is 13.7. The van der Waals surface area contributed by atoms with E-state index in [9.17, 15) is 0 Å². The van der Waals surface area contributed by atoms with Crippen LogP contribution in [0, 0.1) is 25.7 Å². The predicted molar refractivity (Wildman–Crippen MR) is 32.3 cm³/mol. The lowest BCUT2D eigenvalue weighted by molar-refractivity contribution is 1.08. The fraction of sp³-hybridized carbons (Fsp3) is 0.429. The molecule has 0 aliphatic heterocycles. The van der Waals surface area contributed by atoms with Crippen molar-refractivity contribution in [3.05, 3.63) is 13.8 Å². The van der Waals surface area contributed by atoms with E-state index in [1.54, 1.807) is 0 Å². The number of hydrogen-bond acceptors (Lipinski definition) is 0. The molecule has 0 bridgehead atoms. The molecule has 0 aliphatic rings. The molecule has 38 valence electrons. The summed E-state index contributed by atoms with van der Waals surface area (Å²) in [6, 6.07) is 0. The van der Waals surface area contributed by atoms with Gasteiger partial charge in [0.25, 0.3) is 0 Å². The first kappa shape index (κ1) is 6.56. The summed E-state index contributed by atoms with van der Waals surface area (Å²) in [4.78, 5) is 0. The molecule has 7 heavy (non-hydrogen) atoms. The summed E-state index contributed by atoms with van der Waals surface area (Å²) >= 11 is 0. The van der Waals surface area contributed by atoms with Gasteiger partial charge < -0.3 is 0 Å². The molecule has 0 saturated carbocycles. The Balaban J connectivity index is 2.91. The molecule has 0 saturated heterocycles. The van der Waals surface area contributed by atoms with E-state index in [2.05, 4.69) is 25.7 Å². The van der Waals surface area contributed by atoms with E-state index < -0.39 is 0 Å². The Kier molecular flexibility index (Phi) is 5.21. The molecular weight excluding hydrogens is 84.1 g/mol. The van der Waals surface area contributed by atoms with Crippen LogP contribution in [0.25, 0.3) is 0 Å². The molecule has 0 heteroatoms. The van der Waals surface area contributed by atoms with Crippen LogP contribution in [-0.4, -0.2) is 0 Å². The Morgan fingerprint density at radius 3 is 2.29 bits per heavy atom. The highest BCUT2D eigenvalue weighted by Crippen LogP contribution is 1.80. The minimum Gasteiger partial charge on any atom is -0.103 e. The fourth-order valence-corrected chi connectivity index (χ4v) is 0.265. The third kappa shape index (κ3) is 5.56. The number of rotatable bonds is 1. The van der Waals surface area contributed by atoms with Crippen molar-refractivity contribution in [1.82, 2.24) is 0 Å². The zero-order valence-electron chi connectivity index (χ0n) is 4.54. The van der Waals surface area contributed by atoms with E-state index in [1.807, 2.05) is 0 Å². The molecule has 0 atom stereocenters. The van der Waals surface area contributed by atoms with Crippen molar-refractivity contribution in [2.45, 2.75) is 19.3 Å². The Labute approximate surface area is 45.9 Å². The van der Waals surface area contributed by atoms with Gasteiger partial charge in [-0.2, -0.15) is 0 Å². The first-order valence-corrected chi connectivity index (χ1v) is 2.46. The van der Waals surface area contributed by atoms with Crippen molar-refractivity contribution in [1.29, 1.82) is 0 Å². The van der Waals surface area contributed by atoms with E-state index in [-0.39, 0.29) is 0 Å². The Morgan fingerprint density at radius 1 is 1.14 bits per heavy atom. The van der Waals surface area contributed by atoms with Crippen molar-refractivity contribution in [3.63, 3.8) is 0 Å². The Hall–Kier alpha value is -0.440. The molecule has 0 aromatic heterocycles. The summed E-state index contributed by atoms with van der Waals surface area (Å²) < 4.78 is 0. The molecule has 0 nitrogen and oxygen atoms in total. The van der Waals surface area contributed by atoms with Crippen LogP contribution in [0.2, 0.25) is 0 Å². The smallest absolute Gasteiger partial charge is 0.00890 e. The molecule has 0 rings (SSSR count). The molecule has 0 amide bonds. The van der Waals surface area contributed by atoms with E-state index in [0.717, 1.165) is 19.3 Å². The van der Waals surface area contributed by atoms with Crippen molar-refractivity contribution in [3.8, 4) is 11.8 Å². The van der Waals surface area contributed by atoms with Crippen LogP contribution in [0.4, 0.5) is 0 Å². The lowest BCUT2D eigenvalue weighted by Gasteiger charge is -1.73. The second-order valence-electron chi connectivity index (χ2n) is 1.21. The van der Waals surface area contributed by atoms with Crippen molar-refractivity contribution in [2.24, 2.45) is 0 Å². The van der Waals surface area contributed by atoms with Gasteiger partial charge in [-0.05, 0) is 13.3 Å². The van der Waals surface area contributed by atoms with Gasteiger partial charge in [0.15, 0.2) is 0 Å². The predicted octanol–water partition coefficient (Wildman–Crippen LogP) is 1.83. The zero-order chi connectivity index (χ0) is 5.54. The SMILES string of the molecule is [CH2]CC#CCC[CH2]. The summed E-state index contributed by atoms with van der Waals surface area (Å²) in [5.74, 6) is 5.76. The van der Waals surface area contributed by atoms with Crippen LogP contribution < -0.4 is 0 Å². The van der Waals surface area contributed by atoms with Gasteiger partial charge >= 0.3 is 0 Å². The zero-order valence-corrected chi connectivity index (χ0v) is 4.54. The molecule has 0 aliphatic carbocycles. The van der Waals surface area contributed by atoms with E-state index >= 15 is 0 Å². The highest BCUT2D eigenvalue weighted by Gasteiger charge is 1.66. The van der Waals surface area contributed by atoms with Crippen LogP contribution in [0.5, 0.6) is 0 Å². The van der Waals surface area contributed by atoms with Crippen LogP contribution in [0.15, 0.2) is 0 Å². The maximum atomic E-state index is 3.63. The third-order valence-corrected chi connectivity index (χ3v) is 0.552. The molecular formula is C7H10. The van der Waals surface area contributed by atoms with E-state index in [4.69, 9.17) is 0 Å². The van der Waals surface area contributed by atoms with Gasteiger partial charge in [-0.25, -0.2) is 0 Å². The van der Waals surface area contributed by atoms with Gasteiger partial charge in [-0.1, -0.05) is 6.92 Å². The third-order valence-electron chi connectivity index (χ3n) is 0.552. The van der Waals surface area contributed by atoms with Gasteiger partial charge in [-0.15, -0.1) is 11.8 Å². The van der Waals surface area contributed by atoms with Crippen molar-refractivity contribution < 1.29 is 0 Å². The van der Waals surface area contributed by atoms with Crippen molar-refractivity contribution >= 4 is 0 Å². The summed E-state index contributed by atoms with van der Waals surface area (Å²) in [6.07, 6.45) is 2.54. The summed E-state index contributed by atoms with van der Waals surface area (Å²) in [5.41, 5.74) is 0. The summed E-state index contributed by atoms with van der Waals surface area (Å²) in [5, 5.41) is 0. The summed E-state index contributed by atoms with van der Waals surface area (Å²) in [7, 11) is 0. The number of unbranched alkanes of at least 4 members (excludes halogenated alkanes) is 1. The highest BCUT2D eigenvalue weighted by molar-refractivity contribution is 4.99. The largest absolute Gasteiger partial charge is 0.103 e. The maximum Gasteiger partial charge on any atom is 0.00890 e. The molecule has 0 spiro atoms. The lowest BCUT2D eigenvalue weighted by Crippen LogP contribution is -1.60. The standard InChI is InChI=1S/C7H10/c1-3-5-7-6-4-2/h1-5H2. The van der Waals surface area contributed by atoms with Crippen LogP contribution in [0.3, 0.4) is 0 Å².